The first kappa shape index (κ1) is 28.2. The number of hydrogen-bond acceptors (Lipinski definition) is 6. The standard InChI is InChI=1S/C40H44N4O2/c1-21-15-22(2)18-39(17-21)41-29-9-5-7-25-11-13-27(35(43-39)31(25)29)33-37(45)34(38(33)46)28-14-12-26-8-6-10-30-32(26)36(28)44-40(42-30)19-23(3)16-24(4)20-40/h5-14,21-24,35,41-45H,15-20H2,1-4H3. The zero-order chi connectivity index (χ0) is 31.5. The van der Waals surface area contributed by atoms with Gasteiger partial charge in [-0.05, 0) is 90.9 Å². The van der Waals surface area contributed by atoms with Gasteiger partial charge >= 0.3 is 0 Å². The van der Waals surface area contributed by atoms with Gasteiger partial charge in [-0.15, -0.1) is 0 Å². The van der Waals surface area contributed by atoms with E-state index in [2.05, 4.69) is 104 Å². The summed E-state index contributed by atoms with van der Waals surface area (Å²) < 4.78 is 0. The summed E-state index contributed by atoms with van der Waals surface area (Å²) in [5.41, 5.74) is 7.50. The predicted octanol–water partition coefficient (Wildman–Crippen LogP) is 8.91. The van der Waals surface area contributed by atoms with Crippen molar-refractivity contribution in [2.45, 2.75) is 83.6 Å². The molecule has 46 heavy (non-hydrogen) atoms. The van der Waals surface area contributed by atoms with Gasteiger partial charge < -0.3 is 21.1 Å². The van der Waals surface area contributed by atoms with Crippen LogP contribution in [0.25, 0.3) is 22.4 Å². The molecule has 4 aliphatic carbocycles. The molecule has 6 aliphatic rings. The number of carbonyl (C=O) groups is 1. The van der Waals surface area contributed by atoms with E-state index < -0.39 is 0 Å². The van der Waals surface area contributed by atoms with Crippen molar-refractivity contribution in [3.8, 4) is 0 Å². The SMILES string of the molecule is CC1CC(C)CC2(C1)Nc1cccc3ccc(C4=C(O)C(=C5C=Cc6cccc7c6C5NC5(CC(C)CC(C)C5)N7)C4=O)c(c13)N2. The van der Waals surface area contributed by atoms with Crippen LogP contribution < -0.4 is 21.3 Å². The third-order valence-corrected chi connectivity index (χ3v) is 11.6. The number of ketones is 1. The fourth-order valence-corrected chi connectivity index (χ4v) is 10.5. The number of anilines is 3. The van der Waals surface area contributed by atoms with Crippen LogP contribution in [0.4, 0.5) is 17.1 Å². The van der Waals surface area contributed by atoms with E-state index in [1.54, 1.807) is 0 Å². The van der Waals surface area contributed by atoms with E-state index in [9.17, 15) is 9.90 Å². The molecule has 236 valence electrons. The lowest BCUT2D eigenvalue weighted by atomic mass is 9.71. The monoisotopic (exact) mass is 612 g/mol. The summed E-state index contributed by atoms with van der Waals surface area (Å²) in [5, 5.41) is 29.8. The fourth-order valence-electron chi connectivity index (χ4n) is 10.5. The van der Waals surface area contributed by atoms with Crippen molar-refractivity contribution in [3.05, 3.63) is 88.2 Å². The number of nitrogens with one attached hydrogen (secondary N) is 4. The highest BCUT2D eigenvalue weighted by Crippen LogP contribution is 2.53. The van der Waals surface area contributed by atoms with Crippen molar-refractivity contribution in [2.24, 2.45) is 23.7 Å². The Kier molecular flexibility index (Phi) is 5.97. The van der Waals surface area contributed by atoms with Gasteiger partial charge in [-0.2, -0.15) is 0 Å². The van der Waals surface area contributed by atoms with Gasteiger partial charge in [0, 0.05) is 27.9 Å². The molecule has 0 saturated heterocycles. The molecular weight excluding hydrogens is 568 g/mol. The van der Waals surface area contributed by atoms with Crippen molar-refractivity contribution in [2.75, 3.05) is 16.0 Å². The minimum atomic E-state index is -0.285. The first-order valence-electron chi connectivity index (χ1n) is 17.3. The lowest BCUT2D eigenvalue weighted by Crippen LogP contribution is -2.60. The van der Waals surface area contributed by atoms with E-state index in [1.165, 1.54) is 18.4 Å². The van der Waals surface area contributed by atoms with Gasteiger partial charge in [0.2, 0.25) is 5.78 Å². The molecule has 3 aromatic rings. The minimum Gasteiger partial charge on any atom is -0.506 e. The minimum absolute atomic E-state index is 0.0781. The first-order valence-corrected chi connectivity index (χ1v) is 17.3. The van der Waals surface area contributed by atoms with Crippen LogP contribution in [0.2, 0.25) is 0 Å². The topological polar surface area (TPSA) is 85.4 Å². The van der Waals surface area contributed by atoms with Crippen molar-refractivity contribution < 1.29 is 9.90 Å². The average molecular weight is 613 g/mol. The van der Waals surface area contributed by atoms with Crippen molar-refractivity contribution in [3.63, 3.8) is 0 Å². The summed E-state index contributed by atoms with van der Waals surface area (Å²) in [6.45, 7) is 9.35. The molecular formula is C40H44N4O2. The highest BCUT2D eigenvalue weighted by molar-refractivity contribution is 6.41. The quantitative estimate of drug-likeness (QED) is 0.177. The summed E-state index contributed by atoms with van der Waals surface area (Å²) in [7, 11) is 0. The number of benzene rings is 3. The van der Waals surface area contributed by atoms with Crippen LogP contribution in [0.1, 0.15) is 89.0 Å². The Balaban J connectivity index is 1.17. The zero-order valence-electron chi connectivity index (χ0n) is 27.3. The molecule has 0 aromatic heterocycles. The highest BCUT2D eigenvalue weighted by Gasteiger charge is 2.48. The van der Waals surface area contributed by atoms with E-state index in [0.29, 0.717) is 34.8 Å². The molecule has 0 bridgehead atoms. The Morgan fingerprint density at radius 3 is 2.09 bits per heavy atom. The Labute approximate surface area is 271 Å². The second-order valence-corrected chi connectivity index (χ2v) is 15.7. The number of aliphatic hydroxyl groups excluding tert-OH is 1. The number of Topliss-reactive ketones (excluding diaryl/α,β-unsaturated/α-hetero) is 1. The summed E-state index contributed by atoms with van der Waals surface area (Å²) in [5.74, 6) is 2.36. The predicted molar refractivity (Wildman–Crippen MR) is 188 cm³/mol. The molecule has 2 saturated carbocycles. The molecule has 2 spiro atoms. The molecule has 6 nitrogen and oxygen atoms in total. The van der Waals surface area contributed by atoms with Crippen molar-refractivity contribution >= 4 is 45.3 Å². The van der Waals surface area contributed by atoms with Gasteiger partial charge in [-0.3, -0.25) is 10.1 Å². The Bertz CT molecular complexity index is 1910. The Morgan fingerprint density at radius 1 is 0.717 bits per heavy atom. The van der Waals surface area contributed by atoms with Gasteiger partial charge in [0.1, 0.15) is 11.4 Å². The number of allylic oxidation sites excluding steroid dienone is 2. The Hall–Kier alpha value is -4.03. The van der Waals surface area contributed by atoms with E-state index in [0.717, 1.165) is 70.2 Å². The van der Waals surface area contributed by atoms with Crippen molar-refractivity contribution in [1.82, 2.24) is 5.32 Å². The van der Waals surface area contributed by atoms with E-state index >= 15 is 0 Å². The smallest absolute Gasteiger partial charge is 0.201 e. The highest BCUT2D eigenvalue weighted by atomic mass is 16.3. The molecule has 3 aromatic carbocycles. The van der Waals surface area contributed by atoms with Crippen LogP contribution in [0.3, 0.4) is 0 Å². The van der Waals surface area contributed by atoms with Gasteiger partial charge in [-0.1, -0.05) is 76.2 Å². The van der Waals surface area contributed by atoms with Crippen LogP contribution in [-0.2, 0) is 4.79 Å². The maximum absolute atomic E-state index is 14.4. The molecule has 2 aliphatic heterocycles. The maximum Gasteiger partial charge on any atom is 0.201 e. The van der Waals surface area contributed by atoms with Crippen LogP contribution in [-0.4, -0.2) is 22.2 Å². The van der Waals surface area contributed by atoms with Gasteiger partial charge in [0.05, 0.1) is 28.5 Å². The number of hydrogen-bond donors (Lipinski definition) is 5. The normalized spacial score (nSPS) is 35.8. The fraction of sp³-hybridized carbons (Fsp3) is 0.425. The lowest BCUT2D eigenvalue weighted by Gasteiger charge is -2.51. The average Bonchev–Trinajstić information content (AvgIpc) is 2.98. The molecule has 0 amide bonds. The largest absolute Gasteiger partial charge is 0.506 e. The molecule has 9 rings (SSSR count). The van der Waals surface area contributed by atoms with E-state index in [1.807, 2.05) is 6.07 Å². The van der Waals surface area contributed by atoms with Gasteiger partial charge in [0.15, 0.2) is 0 Å². The Morgan fingerprint density at radius 2 is 1.37 bits per heavy atom. The second-order valence-electron chi connectivity index (χ2n) is 15.7. The number of carbonyl (C=O) groups excluding carboxylic acids is 1. The molecule has 2 fully saturated rings. The second kappa shape index (κ2) is 9.74. The van der Waals surface area contributed by atoms with Crippen LogP contribution >= 0.6 is 0 Å². The third-order valence-electron chi connectivity index (χ3n) is 11.6. The van der Waals surface area contributed by atoms with Gasteiger partial charge in [-0.25, -0.2) is 0 Å². The third kappa shape index (κ3) is 4.08. The summed E-state index contributed by atoms with van der Waals surface area (Å²) >= 11 is 0. The maximum atomic E-state index is 14.4. The van der Waals surface area contributed by atoms with Gasteiger partial charge in [0.25, 0.3) is 0 Å². The van der Waals surface area contributed by atoms with Crippen LogP contribution in [0.15, 0.2) is 71.5 Å². The lowest BCUT2D eigenvalue weighted by molar-refractivity contribution is -0.111. The molecule has 5 N–H and O–H groups in total. The summed E-state index contributed by atoms with van der Waals surface area (Å²) in [6.07, 6.45) is 10.6. The molecule has 2 heterocycles. The molecule has 0 radical (unpaired) electrons. The van der Waals surface area contributed by atoms with Crippen LogP contribution in [0.5, 0.6) is 0 Å². The summed E-state index contributed by atoms with van der Waals surface area (Å²) in [6, 6.07) is 16.7. The zero-order valence-corrected chi connectivity index (χ0v) is 27.3. The first-order chi connectivity index (χ1) is 22.1. The van der Waals surface area contributed by atoms with E-state index in [4.69, 9.17) is 0 Å². The van der Waals surface area contributed by atoms with E-state index in [-0.39, 0.29) is 28.9 Å². The molecule has 6 heteroatoms. The number of aliphatic hydroxyl groups is 1. The molecule has 5 unspecified atom stereocenters. The van der Waals surface area contributed by atoms with Crippen molar-refractivity contribution in [1.29, 1.82) is 0 Å². The molecule has 5 atom stereocenters. The van der Waals surface area contributed by atoms with Crippen LogP contribution in [0, 0.1) is 23.7 Å². The summed E-state index contributed by atoms with van der Waals surface area (Å²) in [4.78, 5) is 14.4. The number of rotatable bonds is 1.